The average Bonchev–Trinajstić information content (AvgIpc) is 2.60. The number of benzene rings is 1. The quantitative estimate of drug-likeness (QED) is 0.941. The lowest BCUT2D eigenvalue weighted by molar-refractivity contribution is 0.0467. The summed E-state index contributed by atoms with van der Waals surface area (Å²) in [5.41, 5.74) is 2.27. The van der Waals surface area contributed by atoms with Crippen molar-refractivity contribution in [1.29, 1.82) is 0 Å². The second-order valence-corrected chi connectivity index (χ2v) is 6.59. The third-order valence-corrected chi connectivity index (χ3v) is 4.80. The fourth-order valence-corrected chi connectivity index (χ4v) is 3.40. The Bertz CT molecular complexity index is 758. The van der Waals surface area contributed by atoms with Gasteiger partial charge in [0.15, 0.2) is 0 Å². The van der Waals surface area contributed by atoms with Gasteiger partial charge in [0.1, 0.15) is 5.75 Å². The standard InChI is InChI=1S/C19H24N2O3/c1-12-9-17(16-10-15(24-3)6-7-18(16)20-12)19(23)21-8-4-5-14(11-21)13(2)22/h6-7,9-10,13-14,22H,4-5,8,11H2,1-3H3. The molecule has 24 heavy (non-hydrogen) atoms. The summed E-state index contributed by atoms with van der Waals surface area (Å²) in [6.07, 6.45) is 1.49. The first-order chi connectivity index (χ1) is 11.5. The molecule has 2 aromatic rings. The maximum atomic E-state index is 13.1. The largest absolute Gasteiger partial charge is 0.497 e. The van der Waals surface area contributed by atoms with Gasteiger partial charge >= 0.3 is 0 Å². The second kappa shape index (κ2) is 6.77. The average molecular weight is 328 g/mol. The molecule has 5 nitrogen and oxygen atoms in total. The summed E-state index contributed by atoms with van der Waals surface area (Å²) in [5.74, 6) is 0.859. The Morgan fingerprint density at radius 3 is 2.92 bits per heavy atom. The number of nitrogens with zero attached hydrogens (tertiary/aromatic N) is 2. The van der Waals surface area contributed by atoms with E-state index in [2.05, 4.69) is 4.98 Å². The van der Waals surface area contributed by atoms with Crippen LogP contribution in [0, 0.1) is 12.8 Å². The fourth-order valence-electron chi connectivity index (χ4n) is 3.40. The molecule has 1 fully saturated rings. The number of aliphatic hydroxyl groups excluding tert-OH is 1. The minimum absolute atomic E-state index is 0.00380. The van der Waals surface area contributed by atoms with Crippen LogP contribution in [0.1, 0.15) is 35.8 Å². The molecule has 2 heterocycles. The highest BCUT2D eigenvalue weighted by molar-refractivity contribution is 6.06. The van der Waals surface area contributed by atoms with Gasteiger partial charge < -0.3 is 14.7 Å². The molecular formula is C19H24N2O3. The summed E-state index contributed by atoms with van der Waals surface area (Å²) >= 11 is 0. The third kappa shape index (κ3) is 3.22. The molecule has 1 saturated heterocycles. The Balaban J connectivity index is 1.99. The van der Waals surface area contributed by atoms with Crippen molar-refractivity contribution < 1.29 is 14.6 Å². The van der Waals surface area contributed by atoms with E-state index in [0.717, 1.165) is 36.0 Å². The Hall–Kier alpha value is -2.14. The van der Waals surface area contributed by atoms with Crippen molar-refractivity contribution in [2.75, 3.05) is 20.2 Å². The van der Waals surface area contributed by atoms with Crippen molar-refractivity contribution in [2.24, 2.45) is 5.92 Å². The molecule has 1 N–H and O–H groups in total. The number of aryl methyl sites for hydroxylation is 1. The molecule has 0 aliphatic carbocycles. The Morgan fingerprint density at radius 1 is 1.42 bits per heavy atom. The summed E-state index contributed by atoms with van der Waals surface area (Å²) in [6, 6.07) is 7.45. The molecule has 2 unspecified atom stereocenters. The van der Waals surface area contributed by atoms with Crippen molar-refractivity contribution in [3.63, 3.8) is 0 Å². The van der Waals surface area contributed by atoms with Crippen LogP contribution in [-0.4, -0.2) is 47.2 Å². The first kappa shape index (κ1) is 16.7. The number of rotatable bonds is 3. The molecule has 128 valence electrons. The lowest BCUT2D eigenvalue weighted by Crippen LogP contribution is -2.43. The van der Waals surface area contributed by atoms with Crippen LogP contribution in [0.3, 0.4) is 0 Å². The number of aromatic nitrogens is 1. The zero-order valence-electron chi connectivity index (χ0n) is 14.5. The number of aliphatic hydroxyl groups is 1. The van der Waals surface area contributed by atoms with E-state index in [1.165, 1.54) is 0 Å². The van der Waals surface area contributed by atoms with Gasteiger partial charge in [-0.3, -0.25) is 9.78 Å². The lowest BCUT2D eigenvalue weighted by Gasteiger charge is -2.34. The molecule has 0 saturated carbocycles. The highest BCUT2D eigenvalue weighted by atomic mass is 16.5. The van der Waals surface area contributed by atoms with E-state index in [9.17, 15) is 9.90 Å². The molecule has 1 amide bonds. The number of pyridine rings is 1. The van der Waals surface area contributed by atoms with Crippen molar-refractivity contribution in [3.8, 4) is 5.75 Å². The first-order valence-electron chi connectivity index (χ1n) is 8.42. The Kier molecular flexibility index (Phi) is 4.71. The number of hydrogen-bond donors (Lipinski definition) is 1. The molecule has 1 aromatic heterocycles. The number of piperidine rings is 1. The summed E-state index contributed by atoms with van der Waals surface area (Å²) < 4.78 is 5.30. The smallest absolute Gasteiger partial charge is 0.254 e. The molecule has 1 aliphatic heterocycles. The molecule has 1 aromatic carbocycles. The van der Waals surface area contributed by atoms with Crippen LogP contribution in [0.5, 0.6) is 5.75 Å². The normalized spacial score (nSPS) is 19.3. The molecular weight excluding hydrogens is 304 g/mol. The predicted molar refractivity (Wildman–Crippen MR) is 93.3 cm³/mol. The number of carbonyl (C=O) groups is 1. The van der Waals surface area contributed by atoms with Crippen LogP contribution in [0.15, 0.2) is 24.3 Å². The van der Waals surface area contributed by atoms with Crippen LogP contribution in [0.25, 0.3) is 10.9 Å². The van der Waals surface area contributed by atoms with Gasteiger partial charge in [0.05, 0.1) is 24.3 Å². The molecule has 0 bridgehead atoms. The summed E-state index contributed by atoms with van der Waals surface area (Å²) in [4.78, 5) is 19.5. The van der Waals surface area contributed by atoms with E-state index in [0.29, 0.717) is 17.9 Å². The van der Waals surface area contributed by atoms with Gasteiger partial charge in [-0.15, -0.1) is 0 Å². The number of amides is 1. The van der Waals surface area contributed by atoms with Crippen LogP contribution in [-0.2, 0) is 0 Å². The van der Waals surface area contributed by atoms with Crippen LogP contribution in [0.4, 0.5) is 0 Å². The summed E-state index contributed by atoms with van der Waals surface area (Å²) in [5, 5.41) is 10.7. The number of fused-ring (bicyclic) bond motifs is 1. The maximum absolute atomic E-state index is 13.1. The van der Waals surface area contributed by atoms with Crippen LogP contribution in [0.2, 0.25) is 0 Å². The van der Waals surface area contributed by atoms with Crippen molar-refractivity contribution in [1.82, 2.24) is 9.88 Å². The lowest BCUT2D eigenvalue weighted by atomic mass is 9.92. The van der Waals surface area contributed by atoms with E-state index in [-0.39, 0.29) is 11.8 Å². The predicted octanol–water partition coefficient (Wildman–Crippen LogP) is 2.78. The summed E-state index contributed by atoms with van der Waals surface area (Å²) in [6.45, 7) is 5.03. The molecule has 1 aliphatic rings. The van der Waals surface area contributed by atoms with E-state index in [1.807, 2.05) is 36.1 Å². The van der Waals surface area contributed by atoms with Gasteiger partial charge in [0, 0.05) is 30.1 Å². The molecule has 5 heteroatoms. The SMILES string of the molecule is COc1ccc2nc(C)cc(C(=O)N3CCCC(C(C)O)C3)c2c1. The van der Waals surface area contributed by atoms with E-state index < -0.39 is 6.10 Å². The summed E-state index contributed by atoms with van der Waals surface area (Å²) in [7, 11) is 1.61. The number of ether oxygens (including phenoxy) is 1. The zero-order chi connectivity index (χ0) is 17.3. The van der Waals surface area contributed by atoms with Gasteiger partial charge in [-0.2, -0.15) is 0 Å². The topological polar surface area (TPSA) is 62.7 Å². The maximum Gasteiger partial charge on any atom is 0.254 e. The molecule has 2 atom stereocenters. The highest BCUT2D eigenvalue weighted by Crippen LogP contribution is 2.27. The van der Waals surface area contributed by atoms with Crippen molar-refractivity contribution in [3.05, 3.63) is 35.5 Å². The van der Waals surface area contributed by atoms with Crippen molar-refractivity contribution in [2.45, 2.75) is 32.8 Å². The van der Waals surface area contributed by atoms with Crippen molar-refractivity contribution >= 4 is 16.8 Å². The number of methoxy groups -OCH3 is 1. The molecule has 0 spiro atoms. The second-order valence-electron chi connectivity index (χ2n) is 6.59. The number of hydrogen-bond acceptors (Lipinski definition) is 4. The van der Waals surface area contributed by atoms with Gasteiger partial charge in [-0.1, -0.05) is 0 Å². The van der Waals surface area contributed by atoms with E-state index in [4.69, 9.17) is 4.74 Å². The Morgan fingerprint density at radius 2 is 2.21 bits per heavy atom. The van der Waals surface area contributed by atoms with Crippen LogP contribution < -0.4 is 4.74 Å². The molecule has 0 radical (unpaired) electrons. The number of likely N-dealkylation sites (tertiary alicyclic amines) is 1. The monoisotopic (exact) mass is 328 g/mol. The van der Waals surface area contributed by atoms with E-state index >= 15 is 0 Å². The minimum atomic E-state index is -0.392. The van der Waals surface area contributed by atoms with E-state index in [1.54, 1.807) is 14.0 Å². The zero-order valence-corrected chi connectivity index (χ0v) is 14.5. The van der Waals surface area contributed by atoms with Gasteiger partial charge in [0.2, 0.25) is 0 Å². The minimum Gasteiger partial charge on any atom is -0.497 e. The first-order valence-corrected chi connectivity index (χ1v) is 8.42. The Labute approximate surface area is 142 Å². The van der Waals surface area contributed by atoms with Gasteiger partial charge in [-0.05, 0) is 51.0 Å². The molecule has 3 rings (SSSR count). The third-order valence-electron chi connectivity index (χ3n) is 4.80. The fraction of sp³-hybridized carbons (Fsp3) is 0.474. The number of carbonyl (C=O) groups excluding carboxylic acids is 1. The highest BCUT2D eigenvalue weighted by Gasteiger charge is 2.28. The van der Waals surface area contributed by atoms with Crippen LogP contribution >= 0.6 is 0 Å². The van der Waals surface area contributed by atoms with Gasteiger partial charge in [-0.25, -0.2) is 0 Å². The van der Waals surface area contributed by atoms with Gasteiger partial charge in [0.25, 0.3) is 5.91 Å².